The van der Waals surface area contributed by atoms with Crippen LogP contribution < -0.4 is 9.47 Å². The van der Waals surface area contributed by atoms with Crippen LogP contribution in [0.25, 0.3) is 10.8 Å². The van der Waals surface area contributed by atoms with Crippen molar-refractivity contribution in [1.82, 2.24) is 4.98 Å². The zero-order chi connectivity index (χ0) is 9.97. The van der Waals surface area contributed by atoms with Gasteiger partial charge < -0.3 is 9.47 Å². The fourth-order valence-corrected chi connectivity index (χ4v) is 1.49. The number of hydrogen-bond donors (Lipinski definition) is 0. The summed E-state index contributed by atoms with van der Waals surface area (Å²) in [5, 5.41) is 1.98. The molecule has 0 fully saturated rings. The number of pyridine rings is 1. The minimum absolute atomic E-state index is 0.814. The molecule has 0 atom stereocenters. The molecule has 1 heterocycles. The molecule has 0 unspecified atom stereocenters. The highest BCUT2D eigenvalue weighted by Crippen LogP contribution is 2.31. The number of fused-ring (bicyclic) bond motifs is 1. The van der Waals surface area contributed by atoms with E-state index >= 15 is 0 Å². The summed E-state index contributed by atoms with van der Waals surface area (Å²) in [5.41, 5.74) is 0. The van der Waals surface area contributed by atoms with Crippen LogP contribution in [0.15, 0.2) is 30.6 Å². The van der Waals surface area contributed by atoms with Crippen molar-refractivity contribution in [2.24, 2.45) is 0 Å². The number of benzene rings is 1. The summed E-state index contributed by atoms with van der Waals surface area (Å²) in [6.45, 7) is 0. The van der Waals surface area contributed by atoms with Gasteiger partial charge in [0.1, 0.15) is 11.5 Å². The molecule has 3 heteroatoms. The van der Waals surface area contributed by atoms with E-state index in [2.05, 4.69) is 4.98 Å². The molecule has 0 aliphatic rings. The van der Waals surface area contributed by atoms with Gasteiger partial charge in [-0.2, -0.15) is 0 Å². The van der Waals surface area contributed by atoms with E-state index in [1.165, 1.54) is 0 Å². The third kappa shape index (κ3) is 1.27. The molecular formula is C11H11NO2. The Kier molecular flexibility index (Phi) is 2.23. The van der Waals surface area contributed by atoms with Gasteiger partial charge in [0.05, 0.1) is 14.2 Å². The van der Waals surface area contributed by atoms with Gasteiger partial charge in [-0.25, -0.2) is 0 Å². The maximum atomic E-state index is 5.24. The molecular weight excluding hydrogens is 178 g/mol. The van der Waals surface area contributed by atoms with Crippen LogP contribution in [-0.2, 0) is 0 Å². The third-order valence-electron chi connectivity index (χ3n) is 2.18. The molecule has 2 rings (SSSR count). The predicted octanol–water partition coefficient (Wildman–Crippen LogP) is 2.25. The minimum Gasteiger partial charge on any atom is -0.496 e. The molecule has 0 saturated carbocycles. The normalized spacial score (nSPS) is 10.1. The topological polar surface area (TPSA) is 31.4 Å². The van der Waals surface area contributed by atoms with Crippen molar-refractivity contribution in [1.29, 1.82) is 0 Å². The monoisotopic (exact) mass is 189 g/mol. The Morgan fingerprint density at radius 1 is 0.929 bits per heavy atom. The lowest BCUT2D eigenvalue weighted by molar-refractivity contribution is 0.410. The van der Waals surface area contributed by atoms with Crippen molar-refractivity contribution < 1.29 is 9.47 Å². The van der Waals surface area contributed by atoms with Crippen molar-refractivity contribution in [3.05, 3.63) is 30.6 Å². The zero-order valence-corrected chi connectivity index (χ0v) is 8.15. The average Bonchev–Trinajstić information content (AvgIpc) is 2.27. The number of nitrogens with zero attached hydrogens (tertiary/aromatic N) is 1. The van der Waals surface area contributed by atoms with Crippen LogP contribution >= 0.6 is 0 Å². The van der Waals surface area contributed by atoms with Gasteiger partial charge in [0.2, 0.25) is 0 Å². The number of methoxy groups -OCH3 is 2. The molecule has 1 aromatic carbocycles. The largest absolute Gasteiger partial charge is 0.496 e. The SMILES string of the molecule is COc1ccc(OC)c2cnccc12. The Bertz CT molecular complexity index is 411. The first-order chi connectivity index (χ1) is 6.86. The van der Waals surface area contributed by atoms with Gasteiger partial charge in [-0.15, -0.1) is 0 Å². The fraction of sp³-hybridized carbons (Fsp3) is 0.182. The fourth-order valence-electron chi connectivity index (χ4n) is 1.49. The predicted molar refractivity (Wildman–Crippen MR) is 54.8 cm³/mol. The maximum Gasteiger partial charge on any atom is 0.128 e. The van der Waals surface area contributed by atoms with Gasteiger partial charge in [-0.1, -0.05) is 0 Å². The van der Waals surface area contributed by atoms with Crippen LogP contribution in [-0.4, -0.2) is 19.2 Å². The summed E-state index contributed by atoms with van der Waals surface area (Å²) in [5.74, 6) is 1.65. The van der Waals surface area contributed by atoms with Crippen molar-refractivity contribution in [2.45, 2.75) is 0 Å². The summed E-state index contributed by atoms with van der Waals surface area (Å²) in [6.07, 6.45) is 3.51. The van der Waals surface area contributed by atoms with Crippen LogP contribution in [0.2, 0.25) is 0 Å². The van der Waals surface area contributed by atoms with Crippen LogP contribution in [0.4, 0.5) is 0 Å². The zero-order valence-electron chi connectivity index (χ0n) is 8.15. The molecule has 0 radical (unpaired) electrons. The molecule has 1 aromatic heterocycles. The molecule has 0 aliphatic heterocycles. The molecule has 3 nitrogen and oxygen atoms in total. The number of rotatable bonds is 2. The van der Waals surface area contributed by atoms with Crippen LogP contribution in [0, 0.1) is 0 Å². The summed E-state index contributed by atoms with van der Waals surface area (Å²) >= 11 is 0. The highest BCUT2D eigenvalue weighted by Gasteiger charge is 2.05. The Morgan fingerprint density at radius 3 is 2.21 bits per heavy atom. The standard InChI is InChI=1S/C11H11NO2/c1-13-10-3-4-11(14-2)9-7-12-6-5-8(9)10/h3-7H,1-2H3. The van der Waals surface area contributed by atoms with Crippen molar-refractivity contribution in [3.63, 3.8) is 0 Å². The van der Waals surface area contributed by atoms with Crippen molar-refractivity contribution in [2.75, 3.05) is 14.2 Å². The average molecular weight is 189 g/mol. The highest BCUT2D eigenvalue weighted by atomic mass is 16.5. The highest BCUT2D eigenvalue weighted by molar-refractivity contribution is 5.92. The van der Waals surface area contributed by atoms with E-state index in [4.69, 9.17) is 9.47 Å². The first kappa shape index (κ1) is 8.81. The molecule has 0 saturated heterocycles. The third-order valence-corrected chi connectivity index (χ3v) is 2.18. The van der Waals surface area contributed by atoms with Gasteiger partial charge in [-0.3, -0.25) is 4.98 Å². The van der Waals surface area contributed by atoms with Gasteiger partial charge in [0.15, 0.2) is 0 Å². The Labute approximate surface area is 82.3 Å². The first-order valence-electron chi connectivity index (χ1n) is 4.31. The summed E-state index contributed by atoms with van der Waals surface area (Å²) < 4.78 is 10.5. The second-order valence-corrected chi connectivity index (χ2v) is 2.89. The summed E-state index contributed by atoms with van der Waals surface area (Å²) in [6, 6.07) is 5.68. The molecule has 0 aliphatic carbocycles. The maximum absolute atomic E-state index is 5.24. The first-order valence-corrected chi connectivity index (χ1v) is 4.31. The van der Waals surface area contributed by atoms with Gasteiger partial charge in [0, 0.05) is 23.2 Å². The smallest absolute Gasteiger partial charge is 0.128 e. The minimum atomic E-state index is 0.814. The molecule has 0 N–H and O–H groups in total. The Hall–Kier alpha value is -1.77. The molecule has 14 heavy (non-hydrogen) atoms. The van der Waals surface area contributed by atoms with Gasteiger partial charge in [-0.05, 0) is 18.2 Å². The lowest BCUT2D eigenvalue weighted by Gasteiger charge is -2.08. The van der Waals surface area contributed by atoms with E-state index in [1.807, 2.05) is 18.2 Å². The van der Waals surface area contributed by atoms with Crippen LogP contribution in [0.5, 0.6) is 11.5 Å². The number of aromatic nitrogens is 1. The number of ether oxygens (including phenoxy) is 2. The summed E-state index contributed by atoms with van der Waals surface area (Å²) in [4.78, 5) is 4.06. The molecule has 0 amide bonds. The van der Waals surface area contributed by atoms with E-state index in [1.54, 1.807) is 26.6 Å². The Morgan fingerprint density at radius 2 is 1.57 bits per heavy atom. The lowest BCUT2D eigenvalue weighted by atomic mass is 10.1. The lowest BCUT2D eigenvalue weighted by Crippen LogP contribution is -1.89. The van der Waals surface area contributed by atoms with Crippen LogP contribution in [0.3, 0.4) is 0 Å². The van der Waals surface area contributed by atoms with Gasteiger partial charge in [0.25, 0.3) is 0 Å². The van der Waals surface area contributed by atoms with Gasteiger partial charge >= 0.3 is 0 Å². The van der Waals surface area contributed by atoms with E-state index < -0.39 is 0 Å². The Balaban J connectivity index is 2.78. The van der Waals surface area contributed by atoms with E-state index in [-0.39, 0.29) is 0 Å². The quantitative estimate of drug-likeness (QED) is 0.726. The van der Waals surface area contributed by atoms with E-state index in [0.29, 0.717) is 0 Å². The van der Waals surface area contributed by atoms with Crippen molar-refractivity contribution >= 4 is 10.8 Å². The molecule has 72 valence electrons. The molecule has 2 aromatic rings. The van der Waals surface area contributed by atoms with Crippen LogP contribution in [0.1, 0.15) is 0 Å². The second-order valence-electron chi connectivity index (χ2n) is 2.89. The van der Waals surface area contributed by atoms with E-state index in [0.717, 1.165) is 22.3 Å². The second kappa shape index (κ2) is 3.54. The molecule has 0 bridgehead atoms. The van der Waals surface area contributed by atoms with Crippen molar-refractivity contribution in [3.8, 4) is 11.5 Å². The molecule has 0 spiro atoms. The summed E-state index contributed by atoms with van der Waals surface area (Å²) in [7, 11) is 3.30. The van der Waals surface area contributed by atoms with E-state index in [9.17, 15) is 0 Å². The number of hydrogen-bond acceptors (Lipinski definition) is 3.